The van der Waals surface area contributed by atoms with Crippen LogP contribution in [0.3, 0.4) is 0 Å². The van der Waals surface area contributed by atoms with Crippen LogP contribution in [0.2, 0.25) is 0 Å². The molecule has 5 nitrogen and oxygen atoms in total. The molecule has 1 aliphatic rings. The number of methoxy groups -OCH3 is 1. The molecular formula is C16H18O5. The molecule has 2 rings (SSSR count). The third-order valence-electron chi connectivity index (χ3n) is 3.35. The molecule has 0 spiro atoms. The molecule has 0 radical (unpaired) electrons. The average Bonchev–Trinajstić information content (AvgIpc) is 2.85. The predicted molar refractivity (Wildman–Crippen MR) is 76.9 cm³/mol. The van der Waals surface area contributed by atoms with Gasteiger partial charge in [0, 0.05) is 25.0 Å². The highest BCUT2D eigenvalue weighted by atomic mass is 16.5. The van der Waals surface area contributed by atoms with Crippen LogP contribution in [0, 0.1) is 0 Å². The van der Waals surface area contributed by atoms with Crippen LogP contribution in [0.1, 0.15) is 29.8 Å². The smallest absolute Gasteiger partial charge is 0.302 e. The van der Waals surface area contributed by atoms with Crippen molar-refractivity contribution in [2.45, 2.75) is 26.4 Å². The Morgan fingerprint density at radius 2 is 2.10 bits per heavy atom. The van der Waals surface area contributed by atoms with Crippen molar-refractivity contribution in [2.24, 2.45) is 0 Å². The first-order valence-corrected chi connectivity index (χ1v) is 6.62. The molecule has 0 saturated heterocycles. The first kappa shape index (κ1) is 15.1. The van der Waals surface area contributed by atoms with Crippen LogP contribution < -0.4 is 9.47 Å². The summed E-state index contributed by atoms with van der Waals surface area (Å²) in [5.41, 5.74) is 2.14. The zero-order valence-electron chi connectivity index (χ0n) is 12.4. The van der Waals surface area contributed by atoms with Gasteiger partial charge in [0.15, 0.2) is 5.78 Å². The fraction of sp³-hybridized carbons (Fsp3) is 0.375. The van der Waals surface area contributed by atoms with E-state index < -0.39 is 0 Å². The van der Waals surface area contributed by atoms with Gasteiger partial charge in [0.2, 0.25) is 0 Å². The van der Waals surface area contributed by atoms with Crippen LogP contribution in [-0.2, 0) is 16.0 Å². The van der Waals surface area contributed by atoms with Crippen molar-refractivity contribution in [2.75, 3.05) is 13.7 Å². The summed E-state index contributed by atoms with van der Waals surface area (Å²) >= 11 is 0. The van der Waals surface area contributed by atoms with E-state index in [0.717, 1.165) is 5.56 Å². The van der Waals surface area contributed by atoms with Crippen LogP contribution in [0.5, 0.6) is 11.5 Å². The number of fused-ring (bicyclic) bond motifs is 1. The second-order valence-electron chi connectivity index (χ2n) is 4.97. The maximum atomic E-state index is 11.6. The molecule has 1 aliphatic heterocycles. The Hall–Kier alpha value is -2.30. The lowest BCUT2D eigenvalue weighted by molar-refractivity contribution is -0.140. The monoisotopic (exact) mass is 290 g/mol. The number of Topliss-reactive ketones (excluding diaryl/α,β-unsaturated/α-hetero) is 1. The van der Waals surface area contributed by atoms with Gasteiger partial charge in [-0.15, -0.1) is 0 Å². The van der Waals surface area contributed by atoms with Gasteiger partial charge in [-0.05, 0) is 18.6 Å². The Labute approximate surface area is 123 Å². The molecule has 1 heterocycles. The molecule has 0 aromatic heterocycles. The summed E-state index contributed by atoms with van der Waals surface area (Å²) in [7, 11) is 1.51. The molecule has 1 aromatic rings. The largest absolute Gasteiger partial charge is 0.496 e. The molecular weight excluding hydrogens is 272 g/mol. The van der Waals surface area contributed by atoms with Crippen molar-refractivity contribution < 1.29 is 23.8 Å². The van der Waals surface area contributed by atoms with E-state index in [-0.39, 0.29) is 24.5 Å². The fourth-order valence-corrected chi connectivity index (χ4v) is 2.23. The summed E-state index contributed by atoms with van der Waals surface area (Å²) in [6.45, 7) is 6.87. The van der Waals surface area contributed by atoms with Crippen LogP contribution in [0.15, 0.2) is 24.3 Å². The first-order chi connectivity index (χ1) is 9.92. The summed E-state index contributed by atoms with van der Waals surface area (Å²) in [5.74, 6) is 0.752. The standard InChI is InChI=1S/C16H18O5/c1-9(8-20-11(3)18)14-6-12-5-13(10(2)17)16(19-4)7-15(12)21-14/h5,7,14H,1,6,8H2,2-4H3/t14-/m1/s1. The lowest BCUT2D eigenvalue weighted by atomic mass is 10.0. The summed E-state index contributed by atoms with van der Waals surface area (Å²) in [4.78, 5) is 22.4. The first-order valence-electron chi connectivity index (χ1n) is 6.62. The minimum absolute atomic E-state index is 0.0585. The van der Waals surface area contributed by atoms with Gasteiger partial charge in [-0.25, -0.2) is 0 Å². The lowest BCUT2D eigenvalue weighted by Crippen LogP contribution is -2.20. The second-order valence-corrected chi connectivity index (χ2v) is 4.97. The van der Waals surface area contributed by atoms with E-state index in [0.29, 0.717) is 29.1 Å². The normalized spacial score (nSPS) is 15.9. The highest BCUT2D eigenvalue weighted by Crippen LogP contribution is 2.36. The Morgan fingerprint density at radius 3 is 2.67 bits per heavy atom. The average molecular weight is 290 g/mol. The molecule has 0 bridgehead atoms. The molecule has 1 atom stereocenters. The minimum atomic E-state index is -0.354. The number of esters is 1. The predicted octanol–water partition coefficient (Wildman–Crippen LogP) is 2.32. The van der Waals surface area contributed by atoms with E-state index in [9.17, 15) is 9.59 Å². The summed E-state index contributed by atoms with van der Waals surface area (Å²) in [6.07, 6.45) is 0.339. The molecule has 0 saturated carbocycles. The molecule has 0 amide bonds. The van der Waals surface area contributed by atoms with Crippen molar-refractivity contribution in [3.63, 3.8) is 0 Å². The van der Waals surface area contributed by atoms with Crippen molar-refractivity contribution in [1.29, 1.82) is 0 Å². The van der Waals surface area contributed by atoms with Crippen molar-refractivity contribution in [3.05, 3.63) is 35.4 Å². The molecule has 0 N–H and O–H groups in total. The molecule has 5 heteroatoms. The van der Waals surface area contributed by atoms with Crippen LogP contribution in [0.25, 0.3) is 0 Å². The summed E-state index contributed by atoms with van der Waals surface area (Å²) < 4.78 is 15.9. The Balaban J connectivity index is 2.17. The van der Waals surface area contributed by atoms with Crippen molar-refractivity contribution >= 4 is 11.8 Å². The number of hydrogen-bond donors (Lipinski definition) is 0. The number of rotatable bonds is 5. The third kappa shape index (κ3) is 3.24. The Kier molecular flexibility index (Phi) is 4.31. The number of carbonyl (C=O) groups excluding carboxylic acids is 2. The topological polar surface area (TPSA) is 61.8 Å². The maximum Gasteiger partial charge on any atom is 0.302 e. The van der Waals surface area contributed by atoms with Crippen LogP contribution in [0.4, 0.5) is 0 Å². The quantitative estimate of drug-likeness (QED) is 0.473. The number of ketones is 1. The molecule has 0 unspecified atom stereocenters. The van der Waals surface area contributed by atoms with Gasteiger partial charge in [-0.3, -0.25) is 9.59 Å². The van der Waals surface area contributed by atoms with E-state index in [1.165, 1.54) is 21.0 Å². The zero-order chi connectivity index (χ0) is 15.6. The number of benzene rings is 1. The van der Waals surface area contributed by atoms with Gasteiger partial charge < -0.3 is 14.2 Å². The molecule has 0 fully saturated rings. The maximum absolute atomic E-state index is 11.6. The third-order valence-corrected chi connectivity index (χ3v) is 3.35. The SMILES string of the molecule is C=C(COC(C)=O)[C@H]1Cc2cc(C(C)=O)c(OC)cc2O1. The van der Waals surface area contributed by atoms with E-state index >= 15 is 0 Å². The van der Waals surface area contributed by atoms with Gasteiger partial charge in [0.1, 0.15) is 24.2 Å². The number of carbonyl (C=O) groups is 2. The van der Waals surface area contributed by atoms with E-state index in [4.69, 9.17) is 14.2 Å². The van der Waals surface area contributed by atoms with Gasteiger partial charge in [0.25, 0.3) is 0 Å². The molecule has 112 valence electrons. The molecule has 0 aliphatic carbocycles. The highest BCUT2D eigenvalue weighted by molar-refractivity contribution is 5.97. The highest BCUT2D eigenvalue weighted by Gasteiger charge is 2.28. The minimum Gasteiger partial charge on any atom is -0.496 e. The van der Waals surface area contributed by atoms with E-state index in [1.807, 2.05) is 0 Å². The lowest BCUT2D eigenvalue weighted by Gasteiger charge is -2.13. The number of hydrogen-bond acceptors (Lipinski definition) is 5. The van der Waals surface area contributed by atoms with Gasteiger partial charge in [-0.2, -0.15) is 0 Å². The zero-order valence-corrected chi connectivity index (χ0v) is 12.4. The Bertz CT molecular complexity index is 603. The molecule has 21 heavy (non-hydrogen) atoms. The van der Waals surface area contributed by atoms with E-state index in [2.05, 4.69) is 6.58 Å². The summed E-state index contributed by atoms with van der Waals surface area (Å²) in [6, 6.07) is 3.50. The van der Waals surface area contributed by atoms with Crippen LogP contribution >= 0.6 is 0 Å². The van der Waals surface area contributed by atoms with Gasteiger partial charge >= 0.3 is 5.97 Å². The van der Waals surface area contributed by atoms with Crippen LogP contribution in [-0.4, -0.2) is 31.6 Å². The fourth-order valence-electron chi connectivity index (χ4n) is 2.23. The van der Waals surface area contributed by atoms with Crippen molar-refractivity contribution in [3.8, 4) is 11.5 Å². The van der Waals surface area contributed by atoms with Gasteiger partial charge in [0.05, 0.1) is 12.7 Å². The van der Waals surface area contributed by atoms with Crippen molar-refractivity contribution in [1.82, 2.24) is 0 Å². The Morgan fingerprint density at radius 1 is 1.38 bits per heavy atom. The molecule has 1 aromatic carbocycles. The summed E-state index contributed by atoms with van der Waals surface area (Å²) in [5, 5.41) is 0. The van der Waals surface area contributed by atoms with E-state index in [1.54, 1.807) is 12.1 Å². The number of ether oxygens (including phenoxy) is 3. The van der Waals surface area contributed by atoms with Gasteiger partial charge in [-0.1, -0.05) is 6.58 Å². The second kappa shape index (κ2) is 5.99.